The molecule has 0 aliphatic carbocycles. The standard InChI is InChI=1S/C12H26N2O2.C2H6/c1-3-16-12-10-14-6-4-5-13(7-8-14)9-11-15-2;1-2/h3-12H2,1-2H3;1-2H3. The Morgan fingerprint density at radius 3 is 1.94 bits per heavy atom. The first-order valence-corrected chi connectivity index (χ1v) is 7.38. The van der Waals surface area contributed by atoms with Crippen LogP contribution in [0, 0.1) is 0 Å². The molecule has 1 heterocycles. The van der Waals surface area contributed by atoms with E-state index in [1.807, 2.05) is 13.8 Å². The second kappa shape index (κ2) is 13.3. The van der Waals surface area contributed by atoms with Gasteiger partial charge in [0.15, 0.2) is 0 Å². The minimum atomic E-state index is 0.827. The Labute approximate surface area is 113 Å². The minimum Gasteiger partial charge on any atom is -0.383 e. The van der Waals surface area contributed by atoms with E-state index in [0.29, 0.717) is 0 Å². The van der Waals surface area contributed by atoms with Gasteiger partial charge in [-0.1, -0.05) is 13.8 Å². The van der Waals surface area contributed by atoms with E-state index in [4.69, 9.17) is 9.47 Å². The summed E-state index contributed by atoms with van der Waals surface area (Å²) in [4.78, 5) is 4.99. The lowest BCUT2D eigenvalue weighted by Gasteiger charge is -2.21. The highest BCUT2D eigenvalue weighted by molar-refractivity contribution is 4.69. The van der Waals surface area contributed by atoms with Crippen molar-refractivity contribution in [2.45, 2.75) is 27.2 Å². The molecule has 0 radical (unpaired) electrons. The predicted octanol–water partition coefficient (Wildman–Crippen LogP) is 1.70. The lowest BCUT2D eigenvalue weighted by molar-refractivity contribution is 0.113. The molecule has 4 heteroatoms. The molecule has 4 nitrogen and oxygen atoms in total. The third-order valence-electron chi connectivity index (χ3n) is 3.05. The molecule has 0 bridgehead atoms. The summed E-state index contributed by atoms with van der Waals surface area (Å²) in [5.41, 5.74) is 0. The maximum atomic E-state index is 5.39. The van der Waals surface area contributed by atoms with Crippen molar-refractivity contribution in [1.82, 2.24) is 9.80 Å². The monoisotopic (exact) mass is 260 g/mol. The van der Waals surface area contributed by atoms with Crippen LogP contribution >= 0.6 is 0 Å². The second-order valence-corrected chi connectivity index (χ2v) is 4.23. The molecule has 0 N–H and O–H groups in total. The van der Waals surface area contributed by atoms with E-state index in [0.717, 1.165) is 46.0 Å². The number of methoxy groups -OCH3 is 1. The SMILES string of the molecule is CC.CCOCCN1CCCN(CCOC)CC1. The van der Waals surface area contributed by atoms with Crippen molar-refractivity contribution in [2.24, 2.45) is 0 Å². The van der Waals surface area contributed by atoms with Gasteiger partial charge < -0.3 is 9.47 Å². The van der Waals surface area contributed by atoms with Gasteiger partial charge in [-0.25, -0.2) is 0 Å². The van der Waals surface area contributed by atoms with Crippen LogP contribution in [0.1, 0.15) is 27.2 Å². The maximum absolute atomic E-state index is 5.39. The van der Waals surface area contributed by atoms with E-state index in [1.165, 1.54) is 19.5 Å². The minimum absolute atomic E-state index is 0.827. The van der Waals surface area contributed by atoms with Gasteiger partial charge in [0.1, 0.15) is 0 Å². The summed E-state index contributed by atoms with van der Waals surface area (Å²) in [6.07, 6.45) is 1.26. The highest BCUT2D eigenvalue weighted by Gasteiger charge is 2.13. The number of hydrogen-bond donors (Lipinski definition) is 0. The van der Waals surface area contributed by atoms with Crippen molar-refractivity contribution in [1.29, 1.82) is 0 Å². The Kier molecular flexibility index (Phi) is 13.2. The Bertz CT molecular complexity index is 168. The van der Waals surface area contributed by atoms with Crippen molar-refractivity contribution in [3.63, 3.8) is 0 Å². The van der Waals surface area contributed by atoms with Gasteiger partial charge in [0.05, 0.1) is 13.2 Å². The van der Waals surface area contributed by atoms with E-state index >= 15 is 0 Å². The molecule has 0 spiro atoms. The zero-order valence-corrected chi connectivity index (χ0v) is 12.8. The van der Waals surface area contributed by atoms with Crippen molar-refractivity contribution in [3.8, 4) is 0 Å². The quantitative estimate of drug-likeness (QED) is 0.651. The Balaban J connectivity index is 0.00000137. The van der Waals surface area contributed by atoms with Gasteiger partial charge in [-0.2, -0.15) is 0 Å². The van der Waals surface area contributed by atoms with E-state index in [-0.39, 0.29) is 0 Å². The van der Waals surface area contributed by atoms with E-state index in [2.05, 4.69) is 16.7 Å². The molecule has 1 rings (SSSR count). The Hall–Kier alpha value is -0.160. The lowest BCUT2D eigenvalue weighted by Crippen LogP contribution is -2.34. The smallest absolute Gasteiger partial charge is 0.0593 e. The largest absolute Gasteiger partial charge is 0.383 e. The highest BCUT2D eigenvalue weighted by Crippen LogP contribution is 2.02. The number of rotatable bonds is 7. The fourth-order valence-electron chi connectivity index (χ4n) is 2.03. The average molecular weight is 260 g/mol. The maximum Gasteiger partial charge on any atom is 0.0593 e. The van der Waals surface area contributed by atoms with Crippen molar-refractivity contribution in [3.05, 3.63) is 0 Å². The van der Waals surface area contributed by atoms with Crippen LogP contribution in [0.25, 0.3) is 0 Å². The number of nitrogens with zero attached hydrogens (tertiary/aromatic N) is 2. The molecule has 0 aromatic carbocycles. The molecular formula is C14H32N2O2. The fraction of sp³-hybridized carbons (Fsp3) is 1.00. The highest BCUT2D eigenvalue weighted by atomic mass is 16.5. The average Bonchev–Trinajstić information content (AvgIpc) is 2.64. The molecule has 1 aliphatic heterocycles. The van der Waals surface area contributed by atoms with Crippen molar-refractivity contribution < 1.29 is 9.47 Å². The number of ether oxygens (including phenoxy) is 2. The molecule has 0 amide bonds. The van der Waals surface area contributed by atoms with Crippen LogP contribution in [0.15, 0.2) is 0 Å². The Morgan fingerprint density at radius 2 is 1.44 bits per heavy atom. The molecule has 0 atom stereocenters. The normalized spacial score (nSPS) is 18.0. The van der Waals surface area contributed by atoms with Crippen LogP contribution in [-0.4, -0.2) is 76.0 Å². The number of hydrogen-bond acceptors (Lipinski definition) is 4. The van der Waals surface area contributed by atoms with Gasteiger partial charge in [-0.15, -0.1) is 0 Å². The molecule has 110 valence electrons. The predicted molar refractivity (Wildman–Crippen MR) is 77.2 cm³/mol. The third kappa shape index (κ3) is 8.86. The fourth-order valence-corrected chi connectivity index (χ4v) is 2.03. The first-order chi connectivity index (χ1) is 8.86. The summed E-state index contributed by atoms with van der Waals surface area (Å²) >= 11 is 0. The van der Waals surface area contributed by atoms with Gasteiger partial charge >= 0.3 is 0 Å². The van der Waals surface area contributed by atoms with Crippen LogP contribution in [-0.2, 0) is 9.47 Å². The molecule has 1 aliphatic rings. The van der Waals surface area contributed by atoms with Gasteiger partial charge in [0.25, 0.3) is 0 Å². The van der Waals surface area contributed by atoms with Gasteiger partial charge in [0, 0.05) is 39.9 Å². The summed E-state index contributed by atoms with van der Waals surface area (Å²) in [5.74, 6) is 0. The topological polar surface area (TPSA) is 24.9 Å². The molecule has 18 heavy (non-hydrogen) atoms. The van der Waals surface area contributed by atoms with Crippen molar-refractivity contribution in [2.75, 3.05) is 66.2 Å². The van der Waals surface area contributed by atoms with Crippen LogP contribution in [0.4, 0.5) is 0 Å². The molecular weight excluding hydrogens is 228 g/mol. The van der Waals surface area contributed by atoms with Gasteiger partial charge in [0.2, 0.25) is 0 Å². The van der Waals surface area contributed by atoms with Crippen LogP contribution in [0.2, 0.25) is 0 Å². The first-order valence-electron chi connectivity index (χ1n) is 7.38. The molecule has 1 fully saturated rings. The molecule has 1 saturated heterocycles. The second-order valence-electron chi connectivity index (χ2n) is 4.23. The van der Waals surface area contributed by atoms with E-state index < -0.39 is 0 Å². The Morgan fingerprint density at radius 1 is 0.889 bits per heavy atom. The van der Waals surface area contributed by atoms with Gasteiger partial charge in [-0.3, -0.25) is 9.80 Å². The van der Waals surface area contributed by atoms with Crippen LogP contribution in [0.5, 0.6) is 0 Å². The van der Waals surface area contributed by atoms with E-state index in [1.54, 1.807) is 7.11 Å². The summed E-state index contributed by atoms with van der Waals surface area (Å²) in [7, 11) is 1.77. The molecule has 0 saturated carbocycles. The first kappa shape index (κ1) is 17.8. The summed E-state index contributed by atoms with van der Waals surface area (Å²) < 4.78 is 10.5. The van der Waals surface area contributed by atoms with Crippen LogP contribution in [0.3, 0.4) is 0 Å². The summed E-state index contributed by atoms with van der Waals surface area (Å²) in [5, 5.41) is 0. The molecule has 0 unspecified atom stereocenters. The van der Waals surface area contributed by atoms with Crippen molar-refractivity contribution >= 4 is 0 Å². The summed E-state index contributed by atoms with van der Waals surface area (Å²) in [6, 6.07) is 0. The molecule has 0 aromatic rings. The third-order valence-corrected chi connectivity index (χ3v) is 3.05. The van der Waals surface area contributed by atoms with Gasteiger partial charge in [-0.05, 0) is 26.4 Å². The summed E-state index contributed by atoms with van der Waals surface area (Å²) in [6.45, 7) is 15.5. The lowest BCUT2D eigenvalue weighted by atomic mass is 10.4. The zero-order valence-electron chi connectivity index (χ0n) is 12.8. The van der Waals surface area contributed by atoms with Crippen LogP contribution < -0.4 is 0 Å². The van der Waals surface area contributed by atoms with E-state index in [9.17, 15) is 0 Å². The zero-order chi connectivity index (χ0) is 13.6. The molecule has 0 aromatic heterocycles.